The Hall–Kier alpha value is -1.66. The van der Waals surface area contributed by atoms with E-state index in [1.165, 1.54) is 6.07 Å². The van der Waals surface area contributed by atoms with Gasteiger partial charge in [-0.2, -0.15) is 0 Å². The van der Waals surface area contributed by atoms with Crippen molar-refractivity contribution in [3.63, 3.8) is 0 Å². The van der Waals surface area contributed by atoms with Crippen LogP contribution in [0.2, 0.25) is 0 Å². The third-order valence-electron chi connectivity index (χ3n) is 2.18. The Balaban J connectivity index is 2.55. The first-order valence-corrected chi connectivity index (χ1v) is 5.85. The molecule has 106 valence electrons. The molecular formula is C13H17FO5. The summed E-state index contributed by atoms with van der Waals surface area (Å²) in [6, 6.07) is 3.15. The van der Waals surface area contributed by atoms with Crippen LogP contribution in [0.4, 0.5) is 4.39 Å². The Morgan fingerprint density at radius 1 is 1.32 bits per heavy atom. The fourth-order valence-electron chi connectivity index (χ4n) is 1.31. The minimum atomic E-state index is -1.24. The van der Waals surface area contributed by atoms with Gasteiger partial charge < -0.3 is 19.7 Å². The molecule has 5 nitrogen and oxygen atoms in total. The summed E-state index contributed by atoms with van der Waals surface area (Å²) in [6.07, 6.45) is -0.874. The predicted molar refractivity (Wildman–Crippen MR) is 65.9 cm³/mol. The van der Waals surface area contributed by atoms with Crippen molar-refractivity contribution in [1.82, 2.24) is 0 Å². The molecule has 0 aliphatic rings. The molecule has 0 aliphatic carbocycles. The monoisotopic (exact) mass is 272 g/mol. The summed E-state index contributed by atoms with van der Waals surface area (Å²) in [5.74, 6) is -1.89. The van der Waals surface area contributed by atoms with Crippen molar-refractivity contribution >= 4 is 5.97 Å². The van der Waals surface area contributed by atoms with Gasteiger partial charge in [-0.25, -0.2) is 9.18 Å². The molecule has 19 heavy (non-hydrogen) atoms. The van der Waals surface area contributed by atoms with E-state index in [1.54, 1.807) is 0 Å². The largest absolute Gasteiger partial charge is 0.491 e. The number of carboxylic acids is 1. The zero-order valence-electron chi connectivity index (χ0n) is 10.8. The number of benzene rings is 1. The number of hydrogen-bond acceptors (Lipinski definition) is 4. The molecule has 1 atom stereocenters. The fourth-order valence-corrected chi connectivity index (χ4v) is 1.31. The van der Waals surface area contributed by atoms with E-state index in [9.17, 15) is 14.3 Å². The van der Waals surface area contributed by atoms with E-state index in [-0.39, 0.29) is 30.6 Å². The molecule has 6 heteroatoms. The van der Waals surface area contributed by atoms with Crippen molar-refractivity contribution in [3.8, 4) is 5.75 Å². The Labute approximate surface area is 110 Å². The highest BCUT2D eigenvalue weighted by Gasteiger charge is 2.10. The van der Waals surface area contributed by atoms with Gasteiger partial charge in [0.05, 0.1) is 18.3 Å². The van der Waals surface area contributed by atoms with Crippen LogP contribution in [0, 0.1) is 5.82 Å². The van der Waals surface area contributed by atoms with E-state index in [2.05, 4.69) is 0 Å². The molecule has 0 saturated heterocycles. The summed E-state index contributed by atoms with van der Waals surface area (Å²) in [5, 5.41) is 18.3. The van der Waals surface area contributed by atoms with E-state index in [0.29, 0.717) is 0 Å². The molecular weight excluding hydrogens is 255 g/mol. The quantitative estimate of drug-likeness (QED) is 0.790. The summed E-state index contributed by atoms with van der Waals surface area (Å²) in [4.78, 5) is 10.7. The lowest BCUT2D eigenvalue weighted by atomic mass is 10.2. The van der Waals surface area contributed by atoms with Crippen molar-refractivity contribution in [2.75, 3.05) is 13.2 Å². The van der Waals surface area contributed by atoms with Crippen LogP contribution in [0.5, 0.6) is 5.75 Å². The zero-order valence-corrected chi connectivity index (χ0v) is 10.8. The third kappa shape index (κ3) is 5.67. The maximum absolute atomic E-state index is 13.1. The first-order valence-electron chi connectivity index (χ1n) is 5.85. The number of rotatable bonds is 7. The number of carbonyl (C=O) groups is 1. The summed E-state index contributed by atoms with van der Waals surface area (Å²) >= 11 is 0. The lowest BCUT2D eigenvalue weighted by Crippen LogP contribution is -2.25. The van der Waals surface area contributed by atoms with E-state index in [1.807, 2.05) is 13.8 Å². The molecule has 0 saturated carbocycles. The molecule has 0 aliphatic heterocycles. The first-order chi connectivity index (χ1) is 8.88. The standard InChI is InChI=1S/C13H17FO5/c1-8(2)18-6-11(15)7-19-12-4-9(13(16)17)3-10(14)5-12/h3-5,8,11,15H,6-7H2,1-2H3,(H,16,17). The third-order valence-corrected chi connectivity index (χ3v) is 2.18. The van der Waals surface area contributed by atoms with Gasteiger partial charge in [0.1, 0.15) is 24.3 Å². The minimum Gasteiger partial charge on any atom is -0.491 e. The Morgan fingerprint density at radius 2 is 2.00 bits per heavy atom. The number of aromatic carboxylic acids is 1. The summed E-state index contributed by atoms with van der Waals surface area (Å²) in [7, 11) is 0. The first kappa shape index (κ1) is 15.4. The molecule has 0 amide bonds. The van der Waals surface area contributed by atoms with Crippen molar-refractivity contribution < 1.29 is 28.9 Å². The van der Waals surface area contributed by atoms with Gasteiger partial charge in [-0.15, -0.1) is 0 Å². The van der Waals surface area contributed by atoms with E-state index < -0.39 is 17.9 Å². The van der Waals surface area contributed by atoms with Crippen LogP contribution in [0.25, 0.3) is 0 Å². The van der Waals surface area contributed by atoms with Gasteiger partial charge >= 0.3 is 5.97 Å². The highest BCUT2D eigenvalue weighted by Crippen LogP contribution is 2.16. The van der Waals surface area contributed by atoms with Crippen molar-refractivity contribution in [2.45, 2.75) is 26.1 Å². The number of ether oxygens (including phenoxy) is 2. The second-order valence-electron chi connectivity index (χ2n) is 4.33. The van der Waals surface area contributed by atoms with Gasteiger partial charge in [0, 0.05) is 6.07 Å². The van der Waals surface area contributed by atoms with Crippen LogP contribution in [-0.4, -0.2) is 41.6 Å². The van der Waals surface area contributed by atoms with Gasteiger partial charge in [0.2, 0.25) is 0 Å². The molecule has 0 heterocycles. The molecule has 0 spiro atoms. The topological polar surface area (TPSA) is 76.0 Å². The van der Waals surface area contributed by atoms with Gasteiger partial charge in [-0.1, -0.05) is 0 Å². The summed E-state index contributed by atoms with van der Waals surface area (Å²) in [6.45, 7) is 3.66. The lowest BCUT2D eigenvalue weighted by molar-refractivity contribution is -0.0123. The number of hydrogen-bond donors (Lipinski definition) is 2. The highest BCUT2D eigenvalue weighted by atomic mass is 19.1. The van der Waals surface area contributed by atoms with E-state index in [4.69, 9.17) is 14.6 Å². The van der Waals surface area contributed by atoms with Crippen LogP contribution in [0.3, 0.4) is 0 Å². The zero-order chi connectivity index (χ0) is 14.4. The van der Waals surface area contributed by atoms with Crippen molar-refractivity contribution in [3.05, 3.63) is 29.6 Å². The van der Waals surface area contributed by atoms with E-state index >= 15 is 0 Å². The maximum Gasteiger partial charge on any atom is 0.335 e. The average Bonchev–Trinajstić information content (AvgIpc) is 2.33. The SMILES string of the molecule is CC(C)OCC(O)COc1cc(F)cc(C(=O)O)c1. The number of carboxylic acid groups (broad SMARTS) is 1. The van der Waals surface area contributed by atoms with Crippen LogP contribution in [0.15, 0.2) is 18.2 Å². The molecule has 0 fully saturated rings. The van der Waals surface area contributed by atoms with Gasteiger partial charge in [-0.3, -0.25) is 0 Å². The minimum absolute atomic E-state index is 0.0116. The Kier molecular flexibility index (Phi) is 5.72. The average molecular weight is 272 g/mol. The molecule has 1 unspecified atom stereocenters. The van der Waals surface area contributed by atoms with Crippen LogP contribution in [0.1, 0.15) is 24.2 Å². The van der Waals surface area contributed by atoms with Crippen LogP contribution < -0.4 is 4.74 Å². The van der Waals surface area contributed by atoms with Gasteiger partial charge in [-0.05, 0) is 26.0 Å². The molecule has 0 bridgehead atoms. The molecule has 0 aromatic heterocycles. The summed E-state index contributed by atoms with van der Waals surface area (Å²) in [5.41, 5.74) is -0.206. The maximum atomic E-state index is 13.1. The number of aliphatic hydroxyl groups is 1. The summed E-state index contributed by atoms with van der Waals surface area (Å²) < 4.78 is 23.5. The van der Waals surface area contributed by atoms with Gasteiger partial charge in [0.15, 0.2) is 0 Å². The highest BCUT2D eigenvalue weighted by molar-refractivity contribution is 5.88. The Bertz CT molecular complexity index is 433. The van der Waals surface area contributed by atoms with Crippen molar-refractivity contribution in [1.29, 1.82) is 0 Å². The Morgan fingerprint density at radius 3 is 2.58 bits per heavy atom. The van der Waals surface area contributed by atoms with Crippen LogP contribution >= 0.6 is 0 Å². The predicted octanol–water partition coefficient (Wildman–Crippen LogP) is 1.69. The van der Waals surface area contributed by atoms with E-state index in [0.717, 1.165) is 12.1 Å². The normalized spacial score (nSPS) is 12.5. The number of aliphatic hydroxyl groups excluding tert-OH is 1. The van der Waals surface area contributed by atoms with Crippen LogP contribution in [-0.2, 0) is 4.74 Å². The number of halogens is 1. The lowest BCUT2D eigenvalue weighted by Gasteiger charge is -2.14. The molecule has 0 radical (unpaired) electrons. The molecule has 1 aromatic rings. The van der Waals surface area contributed by atoms with Crippen molar-refractivity contribution in [2.24, 2.45) is 0 Å². The fraction of sp³-hybridized carbons (Fsp3) is 0.462. The van der Waals surface area contributed by atoms with Gasteiger partial charge in [0.25, 0.3) is 0 Å². The molecule has 1 aromatic carbocycles. The second-order valence-corrected chi connectivity index (χ2v) is 4.33. The second kappa shape index (κ2) is 7.06. The molecule has 2 N–H and O–H groups in total. The molecule has 1 rings (SSSR count). The smallest absolute Gasteiger partial charge is 0.335 e.